The van der Waals surface area contributed by atoms with Crippen LogP contribution < -0.4 is 0 Å². The molecule has 0 radical (unpaired) electrons. The molecule has 0 aliphatic rings. The van der Waals surface area contributed by atoms with Gasteiger partial charge in [0.05, 0.1) is 5.56 Å². The monoisotopic (exact) mass is 386 g/mol. The predicted octanol–water partition coefficient (Wildman–Crippen LogP) is 4.87. The number of halogens is 3. The Morgan fingerprint density at radius 1 is 0.913 bits per heavy atom. The number of aromatic carboxylic acids is 1. The molecule has 2 aromatic rings. The van der Waals surface area contributed by atoms with Crippen molar-refractivity contribution in [1.29, 1.82) is 0 Å². The minimum absolute atomic E-state index is 0.0402. The second-order valence-electron chi connectivity index (χ2n) is 4.44. The first-order valence-corrected chi connectivity index (χ1v) is 12.0. The van der Waals surface area contributed by atoms with E-state index in [0.29, 0.717) is 5.56 Å². The third kappa shape index (κ3) is 6.18. The van der Waals surface area contributed by atoms with Crippen LogP contribution >= 0.6 is 30.1 Å². The molecule has 2 aromatic carbocycles. The number of hydrogen-bond donors (Lipinski definition) is 1. The summed E-state index contributed by atoms with van der Waals surface area (Å²) in [5.74, 6) is -1.33. The van der Waals surface area contributed by atoms with Gasteiger partial charge in [-0.25, -0.2) is 34.9 Å². The second kappa shape index (κ2) is 9.97. The summed E-state index contributed by atoms with van der Waals surface area (Å²) in [6.45, 7) is 1.97. The molecule has 0 spiro atoms. The zero-order valence-electron chi connectivity index (χ0n) is 12.3. The average Bonchev–Trinajstić information content (AvgIpc) is 2.53. The van der Waals surface area contributed by atoms with E-state index >= 15 is 0 Å². The lowest BCUT2D eigenvalue weighted by Crippen LogP contribution is -2.11. The number of ketones is 1. The van der Waals surface area contributed by atoms with Gasteiger partial charge >= 0.3 is 17.4 Å². The average molecular weight is 388 g/mol. The molecule has 0 unspecified atom stereocenters. The van der Waals surface area contributed by atoms with Crippen LogP contribution in [0.1, 0.15) is 38.8 Å². The molecular formula is C16H14AlCl3O3. The lowest BCUT2D eigenvalue weighted by atomic mass is 9.94. The van der Waals surface area contributed by atoms with E-state index < -0.39 is 17.4 Å². The minimum Gasteiger partial charge on any atom is -0.478 e. The lowest BCUT2D eigenvalue weighted by molar-refractivity contribution is 0.0693. The Labute approximate surface area is 151 Å². The van der Waals surface area contributed by atoms with E-state index in [4.69, 9.17) is 35.3 Å². The van der Waals surface area contributed by atoms with Gasteiger partial charge in [-0.1, -0.05) is 49.4 Å². The van der Waals surface area contributed by atoms with Crippen LogP contribution in [0, 0.1) is 0 Å². The van der Waals surface area contributed by atoms with Crippen molar-refractivity contribution in [2.75, 3.05) is 0 Å². The van der Waals surface area contributed by atoms with Gasteiger partial charge < -0.3 is 5.11 Å². The summed E-state index contributed by atoms with van der Waals surface area (Å²) < 4.78 is 0. The number of carboxylic acid groups (broad SMARTS) is 1. The van der Waals surface area contributed by atoms with Gasteiger partial charge in [-0.3, -0.25) is 4.79 Å². The molecule has 3 nitrogen and oxygen atoms in total. The van der Waals surface area contributed by atoms with Crippen LogP contribution in [0.4, 0.5) is 0 Å². The minimum atomic E-state index is -1.72. The van der Waals surface area contributed by atoms with Crippen molar-refractivity contribution < 1.29 is 14.7 Å². The maximum atomic E-state index is 12.5. The first-order chi connectivity index (χ1) is 10.9. The smallest absolute Gasteiger partial charge is 0.478 e. The zero-order valence-corrected chi connectivity index (χ0v) is 15.7. The zero-order chi connectivity index (χ0) is 17.4. The molecule has 0 saturated carbocycles. The van der Waals surface area contributed by atoms with Gasteiger partial charge in [-0.2, -0.15) is 0 Å². The molecule has 0 aliphatic heterocycles. The van der Waals surface area contributed by atoms with Crippen molar-refractivity contribution in [2.45, 2.75) is 13.3 Å². The van der Waals surface area contributed by atoms with Crippen molar-refractivity contribution >= 4 is 53.3 Å². The van der Waals surface area contributed by atoms with Crippen LogP contribution in [0.25, 0.3) is 0 Å². The van der Waals surface area contributed by atoms with Crippen molar-refractivity contribution in [1.82, 2.24) is 0 Å². The van der Waals surface area contributed by atoms with Crippen molar-refractivity contribution in [3.63, 3.8) is 0 Å². The van der Waals surface area contributed by atoms with Gasteiger partial charge in [0.2, 0.25) is 0 Å². The molecule has 0 amide bonds. The third-order valence-electron chi connectivity index (χ3n) is 3.04. The summed E-state index contributed by atoms with van der Waals surface area (Å²) in [6.07, 6.45) is 0.733. The predicted molar refractivity (Wildman–Crippen MR) is 96.0 cm³/mol. The Morgan fingerprint density at radius 2 is 1.35 bits per heavy atom. The lowest BCUT2D eigenvalue weighted by Gasteiger charge is -2.08. The maximum Gasteiger partial charge on any atom is 0.643 e. The summed E-state index contributed by atoms with van der Waals surface area (Å²) in [6, 6.07) is 13.6. The van der Waals surface area contributed by atoms with Crippen LogP contribution in [0.5, 0.6) is 0 Å². The van der Waals surface area contributed by atoms with E-state index in [-0.39, 0.29) is 16.9 Å². The first kappa shape index (κ1) is 20.0. The number of rotatable bonds is 4. The number of carboxylic acids is 1. The van der Waals surface area contributed by atoms with Gasteiger partial charge in [0, 0.05) is 11.1 Å². The molecule has 0 saturated heterocycles. The summed E-state index contributed by atoms with van der Waals surface area (Å²) >= 11 is -1.72. The SMILES string of the molecule is CCc1ccccc1C(=O)c1ccccc1C(=O)O.[Cl][Al]([Cl])[Cl]. The molecule has 0 atom stereocenters. The topological polar surface area (TPSA) is 54.4 Å². The fraction of sp³-hybridized carbons (Fsp3) is 0.125. The van der Waals surface area contributed by atoms with Crippen LogP contribution in [-0.2, 0) is 6.42 Å². The van der Waals surface area contributed by atoms with Gasteiger partial charge in [-0.05, 0) is 18.1 Å². The summed E-state index contributed by atoms with van der Waals surface area (Å²) in [5, 5.41) is 9.14. The number of hydrogen-bond acceptors (Lipinski definition) is 2. The van der Waals surface area contributed by atoms with E-state index in [2.05, 4.69) is 0 Å². The van der Waals surface area contributed by atoms with Gasteiger partial charge in [0.25, 0.3) is 0 Å². The summed E-state index contributed by atoms with van der Waals surface area (Å²) in [5.41, 5.74) is 1.76. The largest absolute Gasteiger partial charge is 0.643 e. The Balaban J connectivity index is 0.000000593. The maximum absolute atomic E-state index is 12.5. The molecule has 1 N–H and O–H groups in total. The Bertz CT molecular complexity index is 687. The molecule has 0 fully saturated rings. The molecular weight excluding hydrogens is 374 g/mol. The second-order valence-corrected chi connectivity index (χ2v) is 10.9. The Morgan fingerprint density at radius 3 is 1.83 bits per heavy atom. The van der Waals surface area contributed by atoms with Crippen molar-refractivity contribution in [3.05, 3.63) is 70.8 Å². The summed E-state index contributed by atoms with van der Waals surface area (Å²) in [7, 11) is 14.8. The number of aryl methyl sites for hydroxylation is 1. The first-order valence-electron chi connectivity index (χ1n) is 6.75. The van der Waals surface area contributed by atoms with E-state index in [0.717, 1.165) is 12.0 Å². The van der Waals surface area contributed by atoms with E-state index in [1.165, 1.54) is 6.07 Å². The molecule has 0 bridgehead atoms. The normalized spacial score (nSPS) is 9.57. The van der Waals surface area contributed by atoms with Gasteiger partial charge in [0.15, 0.2) is 5.78 Å². The van der Waals surface area contributed by atoms with E-state index in [1.807, 2.05) is 19.1 Å². The van der Waals surface area contributed by atoms with Crippen LogP contribution in [0.2, 0.25) is 0 Å². The third-order valence-corrected chi connectivity index (χ3v) is 3.04. The fourth-order valence-corrected chi connectivity index (χ4v) is 2.06. The fourth-order valence-electron chi connectivity index (χ4n) is 2.06. The standard InChI is InChI=1S/C16H14O3.Al.3ClH/c1-2-11-7-3-4-8-12(11)15(17)13-9-5-6-10-14(13)16(18)19;;;;/h3-10H,2H2,1H3,(H,18,19);;3*1H/q;+3;;;/p-3. The molecule has 0 heterocycles. The van der Waals surface area contributed by atoms with E-state index in [1.54, 1.807) is 30.3 Å². The Hall–Kier alpha value is -1.02. The van der Waals surface area contributed by atoms with Gasteiger partial charge in [-0.15, -0.1) is 0 Å². The van der Waals surface area contributed by atoms with Crippen molar-refractivity contribution in [2.24, 2.45) is 0 Å². The highest BCUT2D eigenvalue weighted by molar-refractivity contribution is 7.54. The number of benzene rings is 2. The number of carbonyl (C=O) groups is 2. The highest BCUT2D eigenvalue weighted by Crippen LogP contribution is 2.18. The van der Waals surface area contributed by atoms with E-state index in [9.17, 15) is 9.59 Å². The molecule has 23 heavy (non-hydrogen) atoms. The molecule has 2 rings (SSSR count). The molecule has 7 heteroatoms. The quantitative estimate of drug-likeness (QED) is 0.602. The summed E-state index contributed by atoms with van der Waals surface area (Å²) in [4.78, 5) is 23.6. The highest BCUT2D eigenvalue weighted by Gasteiger charge is 2.18. The molecule has 0 aromatic heterocycles. The van der Waals surface area contributed by atoms with Gasteiger partial charge in [0.1, 0.15) is 0 Å². The number of carbonyl (C=O) groups excluding carboxylic acids is 1. The highest BCUT2D eigenvalue weighted by atomic mass is 35.8. The van der Waals surface area contributed by atoms with Crippen LogP contribution in [-0.4, -0.2) is 28.2 Å². The van der Waals surface area contributed by atoms with Crippen molar-refractivity contribution in [3.8, 4) is 0 Å². The molecule has 0 aliphatic carbocycles. The Kier molecular flexibility index (Phi) is 8.69. The van der Waals surface area contributed by atoms with Crippen LogP contribution in [0.15, 0.2) is 48.5 Å². The molecule has 120 valence electrons. The van der Waals surface area contributed by atoms with Crippen LogP contribution in [0.3, 0.4) is 0 Å².